The van der Waals surface area contributed by atoms with Gasteiger partial charge in [0.05, 0.1) is 12.1 Å². The van der Waals surface area contributed by atoms with E-state index in [1.165, 1.54) is 6.07 Å². The molecule has 94 valence electrons. The lowest BCUT2D eigenvalue weighted by Gasteiger charge is -2.12. The highest BCUT2D eigenvalue weighted by molar-refractivity contribution is 5.37. The van der Waals surface area contributed by atoms with Gasteiger partial charge in [0.25, 0.3) is 0 Å². The monoisotopic (exact) mass is 246 g/mol. The summed E-state index contributed by atoms with van der Waals surface area (Å²) in [4.78, 5) is 9.98. The summed E-state index contributed by atoms with van der Waals surface area (Å²) in [5.74, 6) is 0.110. The molecule has 5 heteroatoms. The first-order valence-corrected chi connectivity index (χ1v) is 5.56. The number of nitrogens with two attached hydrogens (primary N) is 1. The molecule has 0 spiro atoms. The highest BCUT2D eigenvalue weighted by atomic mass is 16.6. The van der Waals surface area contributed by atoms with Gasteiger partial charge < -0.3 is 10.2 Å². The minimum Gasteiger partial charge on any atom is -0.404 e. The predicted octanol–water partition coefficient (Wildman–Crippen LogP) is 2.85. The van der Waals surface area contributed by atoms with E-state index in [1.807, 2.05) is 32.0 Å². The van der Waals surface area contributed by atoms with Gasteiger partial charge in [-0.3, -0.25) is 10.1 Å². The van der Waals surface area contributed by atoms with Crippen molar-refractivity contribution in [1.29, 1.82) is 0 Å². The van der Waals surface area contributed by atoms with Crippen LogP contribution in [0.5, 0.6) is 0 Å². The van der Waals surface area contributed by atoms with Crippen LogP contribution >= 0.6 is 0 Å². The molecule has 1 heterocycles. The van der Waals surface area contributed by atoms with Crippen molar-refractivity contribution in [2.24, 2.45) is 5.73 Å². The van der Waals surface area contributed by atoms with Crippen molar-refractivity contribution in [3.05, 3.63) is 62.9 Å². The summed E-state index contributed by atoms with van der Waals surface area (Å²) in [6.07, 6.45) is 0. The van der Waals surface area contributed by atoms with Gasteiger partial charge in [-0.1, -0.05) is 23.8 Å². The zero-order valence-electron chi connectivity index (χ0n) is 10.2. The van der Waals surface area contributed by atoms with Crippen molar-refractivity contribution in [3.8, 4) is 0 Å². The van der Waals surface area contributed by atoms with Crippen LogP contribution in [0.1, 0.15) is 28.5 Å². The normalized spacial score (nSPS) is 12.4. The van der Waals surface area contributed by atoms with Crippen LogP contribution in [-0.2, 0) is 0 Å². The van der Waals surface area contributed by atoms with Crippen LogP contribution in [0.4, 0.5) is 5.88 Å². The van der Waals surface area contributed by atoms with Crippen LogP contribution in [0.2, 0.25) is 0 Å². The van der Waals surface area contributed by atoms with Crippen LogP contribution < -0.4 is 5.73 Å². The van der Waals surface area contributed by atoms with Crippen molar-refractivity contribution in [3.63, 3.8) is 0 Å². The number of nitro groups is 1. The predicted molar refractivity (Wildman–Crippen MR) is 67.3 cm³/mol. The Labute approximate surface area is 104 Å². The number of furan rings is 1. The summed E-state index contributed by atoms with van der Waals surface area (Å²) in [6, 6.07) is 8.27. The van der Waals surface area contributed by atoms with Crippen LogP contribution in [-0.4, -0.2) is 4.92 Å². The first-order valence-electron chi connectivity index (χ1n) is 5.56. The fraction of sp³-hybridized carbons (Fsp3) is 0.231. The molecule has 2 rings (SSSR count). The molecule has 2 N–H and O–H groups in total. The summed E-state index contributed by atoms with van der Waals surface area (Å²) < 4.78 is 5.12. The maximum Gasteiger partial charge on any atom is 0.433 e. The van der Waals surface area contributed by atoms with E-state index >= 15 is 0 Å². The average molecular weight is 246 g/mol. The molecule has 0 bridgehead atoms. The molecular formula is C13H14N2O3. The third-order valence-corrected chi connectivity index (χ3v) is 2.86. The lowest BCUT2D eigenvalue weighted by atomic mass is 9.98. The third kappa shape index (κ3) is 2.26. The smallest absolute Gasteiger partial charge is 0.404 e. The third-order valence-electron chi connectivity index (χ3n) is 2.86. The highest BCUT2D eigenvalue weighted by Crippen LogP contribution is 2.27. The Balaban J connectivity index is 2.35. The number of benzene rings is 1. The van der Waals surface area contributed by atoms with E-state index in [-0.39, 0.29) is 5.88 Å². The molecule has 0 aliphatic heterocycles. The Hall–Kier alpha value is -2.14. The molecule has 0 amide bonds. The minimum absolute atomic E-state index is 0.287. The van der Waals surface area contributed by atoms with Gasteiger partial charge in [0, 0.05) is 0 Å². The Morgan fingerprint density at radius 1 is 1.28 bits per heavy atom. The molecule has 1 atom stereocenters. The fourth-order valence-corrected chi connectivity index (χ4v) is 1.94. The van der Waals surface area contributed by atoms with Crippen molar-refractivity contribution >= 4 is 5.88 Å². The summed E-state index contributed by atoms with van der Waals surface area (Å²) in [5, 5.41) is 10.6. The van der Waals surface area contributed by atoms with Crippen LogP contribution in [0.15, 0.2) is 34.7 Å². The van der Waals surface area contributed by atoms with E-state index < -0.39 is 11.0 Å². The fourth-order valence-electron chi connectivity index (χ4n) is 1.94. The number of hydrogen-bond donors (Lipinski definition) is 1. The lowest BCUT2D eigenvalue weighted by molar-refractivity contribution is -0.402. The topological polar surface area (TPSA) is 82.3 Å². The van der Waals surface area contributed by atoms with E-state index in [4.69, 9.17) is 10.2 Å². The van der Waals surface area contributed by atoms with Gasteiger partial charge in [0.1, 0.15) is 10.7 Å². The van der Waals surface area contributed by atoms with E-state index in [0.717, 1.165) is 16.7 Å². The molecule has 0 aliphatic carbocycles. The largest absolute Gasteiger partial charge is 0.433 e. The quantitative estimate of drug-likeness (QED) is 0.666. The maximum atomic E-state index is 10.6. The Morgan fingerprint density at radius 3 is 2.56 bits per heavy atom. The molecule has 0 saturated heterocycles. The van der Waals surface area contributed by atoms with Crippen LogP contribution in [0, 0.1) is 24.0 Å². The molecule has 1 unspecified atom stereocenters. The molecular weight excluding hydrogens is 232 g/mol. The maximum absolute atomic E-state index is 10.6. The second-order valence-corrected chi connectivity index (χ2v) is 4.27. The summed E-state index contributed by atoms with van der Waals surface area (Å²) >= 11 is 0. The van der Waals surface area contributed by atoms with Crippen molar-refractivity contribution < 1.29 is 9.34 Å². The second kappa shape index (κ2) is 4.62. The van der Waals surface area contributed by atoms with Gasteiger partial charge in [-0.05, 0) is 31.0 Å². The first kappa shape index (κ1) is 12.3. The molecule has 0 radical (unpaired) electrons. The summed E-state index contributed by atoms with van der Waals surface area (Å²) in [6.45, 7) is 3.96. The van der Waals surface area contributed by atoms with Gasteiger partial charge >= 0.3 is 5.88 Å². The van der Waals surface area contributed by atoms with E-state index in [2.05, 4.69) is 0 Å². The molecule has 0 aliphatic rings. The minimum atomic E-state index is -0.571. The highest BCUT2D eigenvalue weighted by Gasteiger charge is 2.19. The molecule has 1 aromatic heterocycles. The zero-order chi connectivity index (χ0) is 13.3. The number of rotatable bonds is 3. The van der Waals surface area contributed by atoms with Gasteiger partial charge in [0.2, 0.25) is 0 Å². The number of nitrogens with zero attached hydrogens (tertiary/aromatic N) is 1. The van der Waals surface area contributed by atoms with Crippen molar-refractivity contribution in [2.75, 3.05) is 0 Å². The molecule has 1 aromatic carbocycles. The van der Waals surface area contributed by atoms with Crippen LogP contribution in [0.25, 0.3) is 0 Å². The Bertz CT molecular complexity index is 590. The van der Waals surface area contributed by atoms with Gasteiger partial charge in [-0.2, -0.15) is 0 Å². The zero-order valence-corrected chi connectivity index (χ0v) is 10.2. The van der Waals surface area contributed by atoms with Crippen LogP contribution in [0.3, 0.4) is 0 Å². The number of hydrogen-bond acceptors (Lipinski definition) is 4. The Kier molecular flexibility index (Phi) is 3.16. The summed E-state index contributed by atoms with van der Waals surface area (Å²) in [7, 11) is 0. The van der Waals surface area contributed by atoms with E-state index in [9.17, 15) is 10.1 Å². The molecule has 0 saturated carbocycles. The molecule has 2 aromatic rings. The first-order chi connectivity index (χ1) is 8.49. The Morgan fingerprint density at radius 2 is 2.00 bits per heavy atom. The van der Waals surface area contributed by atoms with Gasteiger partial charge in [0.15, 0.2) is 0 Å². The average Bonchev–Trinajstić information content (AvgIpc) is 2.77. The van der Waals surface area contributed by atoms with Gasteiger partial charge in [-0.25, -0.2) is 0 Å². The SMILES string of the molecule is Cc1ccc(C(N)c2ccc([N+](=O)[O-])o2)c(C)c1. The van der Waals surface area contributed by atoms with E-state index in [0.29, 0.717) is 5.76 Å². The second-order valence-electron chi connectivity index (χ2n) is 4.27. The molecule has 18 heavy (non-hydrogen) atoms. The molecule has 5 nitrogen and oxygen atoms in total. The van der Waals surface area contributed by atoms with E-state index in [1.54, 1.807) is 6.07 Å². The number of aryl methyl sites for hydroxylation is 2. The molecule has 0 fully saturated rings. The van der Waals surface area contributed by atoms with Crippen molar-refractivity contribution in [2.45, 2.75) is 19.9 Å². The summed E-state index contributed by atoms with van der Waals surface area (Å²) in [5.41, 5.74) is 9.16. The van der Waals surface area contributed by atoms with Crippen molar-refractivity contribution in [1.82, 2.24) is 0 Å². The standard InChI is InChI=1S/C13H14N2O3/c1-8-3-4-10(9(2)7-8)13(14)11-5-6-12(18-11)15(16)17/h3-7,13H,14H2,1-2H3. The lowest BCUT2D eigenvalue weighted by Crippen LogP contribution is -2.12. The van der Waals surface area contributed by atoms with Gasteiger partial charge in [-0.15, -0.1) is 0 Å².